The number of aliphatic hydroxyl groups is 1. The van der Waals surface area contributed by atoms with Gasteiger partial charge in [-0.3, -0.25) is 0 Å². The first-order chi connectivity index (χ1) is 7.56. The zero-order chi connectivity index (χ0) is 12.2. The topological polar surface area (TPSA) is 23.5 Å². The number of likely N-dealkylation sites (tertiary alicyclic amines) is 1. The second-order valence-electron chi connectivity index (χ2n) is 5.73. The maximum atomic E-state index is 9.04. The van der Waals surface area contributed by atoms with E-state index in [9.17, 15) is 0 Å². The van der Waals surface area contributed by atoms with Crippen molar-refractivity contribution >= 4 is 0 Å². The molecule has 3 unspecified atom stereocenters. The van der Waals surface area contributed by atoms with Crippen molar-refractivity contribution in [1.82, 2.24) is 4.90 Å². The molecule has 2 nitrogen and oxygen atoms in total. The van der Waals surface area contributed by atoms with E-state index >= 15 is 0 Å². The van der Waals surface area contributed by atoms with Crippen LogP contribution in [0.4, 0.5) is 0 Å². The first kappa shape index (κ1) is 14.0. The van der Waals surface area contributed by atoms with E-state index in [-0.39, 0.29) is 0 Å². The molecule has 1 fully saturated rings. The van der Waals surface area contributed by atoms with Crippen LogP contribution >= 0.6 is 0 Å². The molecule has 0 aromatic heterocycles. The lowest BCUT2D eigenvalue weighted by atomic mass is 9.65. The van der Waals surface area contributed by atoms with Gasteiger partial charge in [-0.2, -0.15) is 0 Å². The van der Waals surface area contributed by atoms with Crippen molar-refractivity contribution in [2.45, 2.75) is 59.4 Å². The van der Waals surface area contributed by atoms with Crippen LogP contribution < -0.4 is 0 Å². The second-order valence-corrected chi connectivity index (χ2v) is 5.73. The quantitative estimate of drug-likeness (QED) is 0.780. The van der Waals surface area contributed by atoms with Crippen molar-refractivity contribution < 1.29 is 5.11 Å². The third-order valence-electron chi connectivity index (χ3n) is 4.86. The number of nitrogens with zero attached hydrogens (tertiary/aromatic N) is 1. The Morgan fingerprint density at radius 1 is 1.38 bits per heavy atom. The van der Waals surface area contributed by atoms with E-state index in [2.05, 4.69) is 32.6 Å². The van der Waals surface area contributed by atoms with Crippen molar-refractivity contribution in [3.05, 3.63) is 0 Å². The smallest absolute Gasteiger partial charge is 0.0431 e. The summed E-state index contributed by atoms with van der Waals surface area (Å²) in [6.45, 7) is 12.3. The van der Waals surface area contributed by atoms with Gasteiger partial charge < -0.3 is 10.0 Å². The average molecular weight is 227 g/mol. The second kappa shape index (κ2) is 6.02. The van der Waals surface area contributed by atoms with Gasteiger partial charge in [0, 0.05) is 12.6 Å². The van der Waals surface area contributed by atoms with E-state index < -0.39 is 0 Å². The molecule has 96 valence electrons. The molecule has 1 heterocycles. The maximum absolute atomic E-state index is 9.04. The van der Waals surface area contributed by atoms with Gasteiger partial charge in [0.2, 0.25) is 0 Å². The van der Waals surface area contributed by atoms with Crippen LogP contribution in [0.15, 0.2) is 0 Å². The Labute approximate surface area is 101 Å². The summed E-state index contributed by atoms with van der Waals surface area (Å²) in [6, 6.07) is 0.655. The first-order valence-electron chi connectivity index (χ1n) is 6.91. The van der Waals surface area contributed by atoms with Crippen molar-refractivity contribution in [2.75, 3.05) is 19.7 Å². The Balaban J connectivity index is 2.69. The summed E-state index contributed by atoms with van der Waals surface area (Å²) in [5, 5.41) is 9.04. The minimum Gasteiger partial charge on any atom is -0.396 e. The van der Waals surface area contributed by atoms with Crippen molar-refractivity contribution in [1.29, 1.82) is 0 Å². The molecule has 1 saturated heterocycles. The van der Waals surface area contributed by atoms with Gasteiger partial charge in [-0.15, -0.1) is 0 Å². The van der Waals surface area contributed by atoms with Crippen LogP contribution in [0.5, 0.6) is 0 Å². The highest BCUT2D eigenvalue weighted by Gasteiger charge is 2.42. The Bertz CT molecular complexity index is 207. The molecular weight excluding hydrogens is 198 g/mol. The van der Waals surface area contributed by atoms with Crippen LogP contribution in [0, 0.1) is 11.3 Å². The highest BCUT2D eigenvalue weighted by atomic mass is 16.2. The molecular formula is C14H29NO. The molecule has 1 rings (SSSR count). The fourth-order valence-corrected chi connectivity index (χ4v) is 3.22. The highest BCUT2D eigenvalue weighted by Crippen LogP contribution is 2.43. The zero-order valence-corrected chi connectivity index (χ0v) is 11.5. The third-order valence-corrected chi connectivity index (χ3v) is 4.86. The van der Waals surface area contributed by atoms with Crippen LogP contribution in [-0.2, 0) is 0 Å². The van der Waals surface area contributed by atoms with Gasteiger partial charge in [0.05, 0.1) is 0 Å². The molecule has 0 aliphatic carbocycles. The van der Waals surface area contributed by atoms with Gasteiger partial charge in [0.1, 0.15) is 0 Å². The molecule has 1 N–H and O–H groups in total. The first-order valence-corrected chi connectivity index (χ1v) is 6.91. The van der Waals surface area contributed by atoms with E-state index in [0.29, 0.717) is 18.1 Å². The maximum Gasteiger partial charge on any atom is 0.0431 e. The van der Waals surface area contributed by atoms with Crippen LogP contribution in [-0.4, -0.2) is 35.7 Å². The SMILES string of the molecule is CCCN1CCC(C)C(C)(CCCO)C1C. The van der Waals surface area contributed by atoms with Crippen LogP contribution in [0.1, 0.15) is 53.4 Å². The third kappa shape index (κ3) is 2.78. The predicted octanol–water partition coefficient (Wildman–Crippen LogP) is 2.91. The molecule has 1 aliphatic heterocycles. The molecule has 2 heteroatoms. The van der Waals surface area contributed by atoms with Crippen molar-refractivity contribution in [3.63, 3.8) is 0 Å². The van der Waals surface area contributed by atoms with Crippen molar-refractivity contribution in [2.24, 2.45) is 11.3 Å². The van der Waals surface area contributed by atoms with Crippen LogP contribution in [0.25, 0.3) is 0 Å². The molecule has 0 aromatic carbocycles. The fourth-order valence-electron chi connectivity index (χ4n) is 3.22. The standard InChI is InChI=1S/C14H29NO/c1-5-9-15-10-7-12(2)14(4,13(15)3)8-6-11-16/h12-13,16H,5-11H2,1-4H3. The summed E-state index contributed by atoms with van der Waals surface area (Å²) >= 11 is 0. The van der Waals surface area contributed by atoms with Gasteiger partial charge in [0.15, 0.2) is 0 Å². The number of hydrogen-bond acceptors (Lipinski definition) is 2. The van der Waals surface area contributed by atoms with E-state index in [0.717, 1.165) is 18.8 Å². The highest BCUT2D eigenvalue weighted by molar-refractivity contribution is 4.94. The molecule has 0 spiro atoms. The van der Waals surface area contributed by atoms with Crippen molar-refractivity contribution in [3.8, 4) is 0 Å². The lowest BCUT2D eigenvalue weighted by molar-refractivity contribution is -0.0175. The predicted molar refractivity (Wildman–Crippen MR) is 69.5 cm³/mol. The lowest BCUT2D eigenvalue weighted by Gasteiger charge is -2.51. The molecule has 0 amide bonds. The summed E-state index contributed by atoms with van der Waals surface area (Å²) in [7, 11) is 0. The van der Waals surface area contributed by atoms with E-state index in [4.69, 9.17) is 5.11 Å². The van der Waals surface area contributed by atoms with Gasteiger partial charge in [-0.1, -0.05) is 20.8 Å². The summed E-state index contributed by atoms with van der Waals surface area (Å²) < 4.78 is 0. The van der Waals surface area contributed by atoms with Gasteiger partial charge in [0.25, 0.3) is 0 Å². The molecule has 3 atom stereocenters. The van der Waals surface area contributed by atoms with E-state index in [1.807, 2.05) is 0 Å². The number of piperidine rings is 1. The number of hydrogen-bond donors (Lipinski definition) is 1. The minimum absolute atomic E-state index is 0.336. The summed E-state index contributed by atoms with van der Waals surface area (Å²) in [5.74, 6) is 0.780. The minimum atomic E-state index is 0.336. The van der Waals surface area contributed by atoms with E-state index in [1.165, 1.54) is 25.9 Å². The van der Waals surface area contributed by atoms with Crippen LogP contribution in [0.2, 0.25) is 0 Å². The summed E-state index contributed by atoms with van der Waals surface area (Å²) in [6.07, 6.45) is 4.66. The largest absolute Gasteiger partial charge is 0.396 e. The van der Waals surface area contributed by atoms with Gasteiger partial charge >= 0.3 is 0 Å². The molecule has 16 heavy (non-hydrogen) atoms. The number of rotatable bonds is 5. The molecule has 1 aliphatic rings. The van der Waals surface area contributed by atoms with Crippen LogP contribution in [0.3, 0.4) is 0 Å². The Morgan fingerprint density at radius 3 is 2.62 bits per heavy atom. The lowest BCUT2D eigenvalue weighted by Crippen LogP contribution is -2.53. The summed E-state index contributed by atoms with van der Waals surface area (Å²) in [5.41, 5.74) is 0.385. The van der Waals surface area contributed by atoms with Gasteiger partial charge in [-0.05, 0) is 57.0 Å². The van der Waals surface area contributed by atoms with E-state index in [1.54, 1.807) is 0 Å². The monoisotopic (exact) mass is 227 g/mol. The Kier molecular flexibility index (Phi) is 5.26. The number of aliphatic hydroxyl groups excluding tert-OH is 1. The van der Waals surface area contributed by atoms with Gasteiger partial charge in [-0.25, -0.2) is 0 Å². The molecule has 0 radical (unpaired) electrons. The Hall–Kier alpha value is -0.0800. The molecule has 0 bridgehead atoms. The molecule has 0 aromatic rings. The normalized spacial score (nSPS) is 36.6. The summed E-state index contributed by atoms with van der Waals surface area (Å²) in [4.78, 5) is 2.64. The fraction of sp³-hybridized carbons (Fsp3) is 1.00. The average Bonchev–Trinajstić information content (AvgIpc) is 2.28. The Morgan fingerprint density at radius 2 is 2.06 bits per heavy atom. The zero-order valence-electron chi connectivity index (χ0n) is 11.5. The molecule has 0 saturated carbocycles.